The first-order valence-corrected chi connectivity index (χ1v) is 10.4. The predicted molar refractivity (Wildman–Crippen MR) is 123 cm³/mol. The maximum absolute atomic E-state index is 12.3. The van der Waals surface area contributed by atoms with Gasteiger partial charge in [0.1, 0.15) is 12.4 Å². The van der Waals surface area contributed by atoms with E-state index < -0.39 is 5.97 Å². The van der Waals surface area contributed by atoms with Crippen molar-refractivity contribution < 1.29 is 14.3 Å². The second kappa shape index (κ2) is 9.00. The highest BCUT2D eigenvalue weighted by Crippen LogP contribution is 2.22. The Morgan fingerprint density at radius 2 is 1.68 bits per heavy atom. The fourth-order valence-corrected chi connectivity index (χ4v) is 3.29. The summed E-state index contributed by atoms with van der Waals surface area (Å²) in [5, 5.41) is 0. The van der Waals surface area contributed by atoms with Gasteiger partial charge in [-0.15, -0.1) is 0 Å². The fourth-order valence-electron chi connectivity index (χ4n) is 3.29. The normalized spacial score (nSPS) is 14.6. The Morgan fingerprint density at radius 3 is 2.35 bits per heavy atom. The molecule has 31 heavy (non-hydrogen) atoms. The van der Waals surface area contributed by atoms with Gasteiger partial charge < -0.3 is 9.47 Å². The Morgan fingerprint density at radius 1 is 0.968 bits per heavy atom. The summed E-state index contributed by atoms with van der Waals surface area (Å²) >= 11 is 0. The summed E-state index contributed by atoms with van der Waals surface area (Å²) in [6.45, 7) is 6.87. The van der Waals surface area contributed by atoms with Crippen LogP contribution in [-0.2, 0) is 16.1 Å². The number of aliphatic imine (C=N–C) groups is 1. The maximum Gasteiger partial charge on any atom is 0.363 e. The monoisotopic (exact) mass is 411 g/mol. The lowest BCUT2D eigenvalue weighted by molar-refractivity contribution is -0.129. The minimum atomic E-state index is -0.442. The van der Waals surface area contributed by atoms with Gasteiger partial charge in [0.05, 0.1) is 0 Å². The van der Waals surface area contributed by atoms with E-state index in [1.165, 1.54) is 11.1 Å². The molecule has 0 saturated carbocycles. The quantitative estimate of drug-likeness (QED) is 0.367. The Hall–Kier alpha value is -3.66. The first-order chi connectivity index (χ1) is 15.0. The van der Waals surface area contributed by atoms with Gasteiger partial charge in [-0.1, -0.05) is 62.4 Å². The van der Waals surface area contributed by atoms with Crippen LogP contribution >= 0.6 is 0 Å². The van der Waals surface area contributed by atoms with Crippen LogP contribution in [0.5, 0.6) is 5.75 Å². The van der Waals surface area contributed by atoms with E-state index in [2.05, 4.69) is 37.9 Å². The van der Waals surface area contributed by atoms with Crippen molar-refractivity contribution >= 4 is 17.9 Å². The molecule has 4 rings (SSSR count). The summed E-state index contributed by atoms with van der Waals surface area (Å²) in [6, 6.07) is 23.7. The third-order valence-corrected chi connectivity index (χ3v) is 5.28. The average molecular weight is 412 g/mol. The van der Waals surface area contributed by atoms with Gasteiger partial charge in [0.25, 0.3) is 0 Å². The lowest BCUT2D eigenvalue weighted by atomic mass is 10.0. The second-order valence-corrected chi connectivity index (χ2v) is 7.90. The molecule has 0 unspecified atom stereocenters. The summed E-state index contributed by atoms with van der Waals surface area (Å²) in [6.07, 6.45) is 1.73. The summed E-state index contributed by atoms with van der Waals surface area (Å²) in [4.78, 5) is 16.7. The molecule has 0 aromatic heterocycles. The zero-order valence-electron chi connectivity index (χ0n) is 18.0. The molecule has 3 aromatic carbocycles. The number of carbonyl (C=O) groups is 1. The molecule has 0 saturated heterocycles. The summed E-state index contributed by atoms with van der Waals surface area (Å²) in [5.74, 6) is 1.11. The van der Waals surface area contributed by atoms with Crippen LogP contribution in [0, 0.1) is 6.92 Å². The second-order valence-electron chi connectivity index (χ2n) is 7.90. The third kappa shape index (κ3) is 4.92. The molecule has 3 aromatic rings. The zero-order chi connectivity index (χ0) is 21.8. The first-order valence-electron chi connectivity index (χ1n) is 10.4. The predicted octanol–water partition coefficient (Wildman–Crippen LogP) is 6.04. The molecule has 0 fully saturated rings. The number of benzene rings is 3. The zero-order valence-corrected chi connectivity index (χ0v) is 18.0. The minimum Gasteiger partial charge on any atom is -0.489 e. The lowest BCUT2D eigenvalue weighted by Crippen LogP contribution is -2.05. The molecule has 0 aliphatic carbocycles. The van der Waals surface area contributed by atoms with E-state index >= 15 is 0 Å². The van der Waals surface area contributed by atoms with Crippen molar-refractivity contribution in [2.45, 2.75) is 33.3 Å². The van der Waals surface area contributed by atoms with Gasteiger partial charge in [0, 0.05) is 5.56 Å². The van der Waals surface area contributed by atoms with E-state index in [1.54, 1.807) is 6.08 Å². The highest BCUT2D eigenvalue weighted by Gasteiger charge is 2.24. The van der Waals surface area contributed by atoms with Crippen molar-refractivity contribution in [3.8, 4) is 5.75 Å². The molecule has 0 spiro atoms. The van der Waals surface area contributed by atoms with E-state index in [0.29, 0.717) is 18.4 Å². The van der Waals surface area contributed by atoms with Crippen LogP contribution in [-0.4, -0.2) is 11.9 Å². The molecule has 0 bridgehead atoms. The number of carbonyl (C=O) groups excluding carboxylic acids is 1. The molecule has 0 atom stereocenters. The number of aryl methyl sites for hydroxylation is 1. The van der Waals surface area contributed by atoms with E-state index in [0.717, 1.165) is 22.4 Å². The number of nitrogens with zero attached hydrogens (tertiary/aromatic N) is 1. The van der Waals surface area contributed by atoms with Crippen molar-refractivity contribution in [1.29, 1.82) is 0 Å². The summed E-state index contributed by atoms with van der Waals surface area (Å²) < 4.78 is 11.3. The van der Waals surface area contributed by atoms with E-state index in [-0.39, 0.29) is 5.70 Å². The Kier molecular flexibility index (Phi) is 5.99. The SMILES string of the molecule is Cc1ccccc1COc1ccc(/C=C2\N=C(c3ccc(C(C)C)cc3)OC2=O)cc1. The van der Waals surface area contributed by atoms with Gasteiger partial charge >= 0.3 is 5.97 Å². The van der Waals surface area contributed by atoms with Crippen molar-refractivity contribution in [3.63, 3.8) is 0 Å². The first kappa shape index (κ1) is 20.6. The van der Waals surface area contributed by atoms with Crippen LogP contribution in [0.25, 0.3) is 6.08 Å². The van der Waals surface area contributed by atoms with Crippen LogP contribution in [0.4, 0.5) is 0 Å². The van der Waals surface area contributed by atoms with Gasteiger partial charge in [0.15, 0.2) is 5.70 Å². The average Bonchev–Trinajstić information content (AvgIpc) is 3.14. The molecule has 0 N–H and O–H groups in total. The molecule has 0 amide bonds. The van der Waals surface area contributed by atoms with Crippen molar-refractivity contribution in [2.24, 2.45) is 4.99 Å². The molecule has 4 heteroatoms. The van der Waals surface area contributed by atoms with Crippen molar-refractivity contribution in [2.75, 3.05) is 0 Å². The third-order valence-electron chi connectivity index (χ3n) is 5.28. The maximum atomic E-state index is 12.3. The number of cyclic esters (lactones) is 1. The van der Waals surface area contributed by atoms with Crippen LogP contribution in [0.15, 0.2) is 83.5 Å². The molecule has 1 aliphatic rings. The Balaban J connectivity index is 1.45. The highest BCUT2D eigenvalue weighted by molar-refractivity contribution is 6.12. The summed E-state index contributed by atoms with van der Waals surface area (Å²) in [7, 11) is 0. The van der Waals surface area contributed by atoms with Crippen LogP contribution in [0.1, 0.15) is 47.6 Å². The number of hydrogen-bond acceptors (Lipinski definition) is 4. The molecule has 1 heterocycles. The van der Waals surface area contributed by atoms with Crippen molar-refractivity contribution in [3.05, 3.63) is 106 Å². The molecular weight excluding hydrogens is 386 g/mol. The number of ether oxygens (including phenoxy) is 2. The van der Waals surface area contributed by atoms with Gasteiger partial charge in [-0.3, -0.25) is 0 Å². The lowest BCUT2D eigenvalue weighted by Gasteiger charge is -2.08. The van der Waals surface area contributed by atoms with E-state index in [9.17, 15) is 4.79 Å². The Bertz CT molecular complexity index is 1140. The molecule has 0 radical (unpaired) electrons. The van der Waals surface area contributed by atoms with Crippen LogP contribution < -0.4 is 4.74 Å². The minimum absolute atomic E-state index is 0.288. The van der Waals surface area contributed by atoms with Gasteiger partial charge in [-0.2, -0.15) is 0 Å². The van der Waals surface area contributed by atoms with Crippen LogP contribution in [0.2, 0.25) is 0 Å². The molecule has 4 nitrogen and oxygen atoms in total. The number of hydrogen-bond donors (Lipinski definition) is 0. The van der Waals surface area contributed by atoms with Gasteiger partial charge in [0.2, 0.25) is 5.90 Å². The van der Waals surface area contributed by atoms with Gasteiger partial charge in [-0.25, -0.2) is 9.79 Å². The topological polar surface area (TPSA) is 47.9 Å². The molecule has 1 aliphatic heterocycles. The van der Waals surface area contributed by atoms with Gasteiger partial charge in [-0.05, 0) is 65.4 Å². The smallest absolute Gasteiger partial charge is 0.363 e. The largest absolute Gasteiger partial charge is 0.489 e. The summed E-state index contributed by atoms with van der Waals surface area (Å²) in [5.41, 5.74) is 5.53. The number of esters is 1. The van der Waals surface area contributed by atoms with Crippen LogP contribution in [0.3, 0.4) is 0 Å². The van der Waals surface area contributed by atoms with Crippen molar-refractivity contribution in [1.82, 2.24) is 0 Å². The molecule has 156 valence electrons. The Labute approximate surface area is 182 Å². The fraction of sp³-hybridized carbons (Fsp3) is 0.185. The van der Waals surface area contributed by atoms with E-state index in [4.69, 9.17) is 9.47 Å². The standard InChI is InChI=1S/C27H25NO3/c1-18(2)21-10-12-22(13-11-21)26-28-25(27(29)31-26)16-20-8-14-24(15-9-20)30-17-23-7-5-4-6-19(23)3/h4-16,18H,17H2,1-3H3/b25-16-. The molecular formula is C27H25NO3. The highest BCUT2D eigenvalue weighted by atomic mass is 16.6. The van der Waals surface area contributed by atoms with E-state index in [1.807, 2.05) is 60.7 Å². The number of rotatable bonds is 6.